The Bertz CT molecular complexity index is 789. The van der Waals surface area contributed by atoms with E-state index in [0.717, 1.165) is 0 Å². The zero-order valence-electron chi connectivity index (χ0n) is 9.84. The van der Waals surface area contributed by atoms with Gasteiger partial charge >= 0.3 is 0 Å². The molecule has 3 rings (SSSR count). The lowest BCUT2D eigenvalue weighted by atomic mass is 10.2. The van der Waals surface area contributed by atoms with E-state index < -0.39 is 5.82 Å². The molecule has 6 heteroatoms. The molecule has 1 aromatic carbocycles. The first-order valence-corrected chi connectivity index (χ1v) is 6.49. The number of nitrogen functional groups attached to an aromatic ring is 1. The molecule has 0 amide bonds. The number of hydrogen-bond acceptors (Lipinski definition) is 4. The summed E-state index contributed by atoms with van der Waals surface area (Å²) in [6.07, 6.45) is 1.47. The van der Waals surface area contributed by atoms with Gasteiger partial charge in [-0.2, -0.15) is 0 Å². The lowest BCUT2D eigenvalue weighted by Gasteiger charge is -2.06. The summed E-state index contributed by atoms with van der Waals surface area (Å²) in [5, 5.41) is 1.82. The molecule has 0 saturated carbocycles. The summed E-state index contributed by atoms with van der Waals surface area (Å²) in [6.45, 7) is 0.252. The second-order valence-corrected chi connectivity index (χ2v) is 5.12. The molecule has 0 bridgehead atoms. The fourth-order valence-corrected chi connectivity index (χ4v) is 2.75. The predicted octanol–water partition coefficient (Wildman–Crippen LogP) is 2.23. The quantitative estimate of drug-likeness (QED) is 0.729. The highest BCUT2D eigenvalue weighted by atomic mass is 32.1. The van der Waals surface area contributed by atoms with Crippen LogP contribution in [-0.4, -0.2) is 9.55 Å². The Morgan fingerprint density at radius 1 is 1.37 bits per heavy atom. The van der Waals surface area contributed by atoms with Crippen LogP contribution in [0.25, 0.3) is 10.2 Å². The Labute approximate surface area is 111 Å². The van der Waals surface area contributed by atoms with Crippen molar-refractivity contribution < 1.29 is 4.39 Å². The summed E-state index contributed by atoms with van der Waals surface area (Å²) in [5.74, 6) is -0.409. The van der Waals surface area contributed by atoms with Crippen molar-refractivity contribution in [3.63, 3.8) is 0 Å². The summed E-state index contributed by atoms with van der Waals surface area (Å²) in [4.78, 5) is 16.4. The first-order chi connectivity index (χ1) is 9.13. The summed E-state index contributed by atoms with van der Waals surface area (Å²) < 4.78 is 15.3. The van der Waals surface area contributed by atoms with E-state index in [0.29, 0.717) is 21.5 Å². The van der Waals surface area contributed by atoms with Crippen LogP contribution in [0.15, 0.2) is 40.8 Å². The first-order valence-electron chi connectivity index (χ1n) is 5.61. The smallest absolute Gasteiger partial charge is 0.271 e. The van der Waals surface area contributed by atoms with Crippen molar-refractivity contribution in [1.29, 1.82) is 0 Å². The van der Waals surface area contributed by atoms with Gasteiger partial charge in [-0.3, -0.25) is 9.36 Å². The third-order valence-electron chi connectivity index (χ3n) is 2.77. The Balaban J connectivity index is 2.05. The SMILES string of the molecule is Nc1cc(F)cc(Cn2cnc3ccsc3c2=O)c1. The molecule has 0 unspecified atom stereocenters. The van der Waals surface area contributed by atoms with Gasteiger partial charge in [-0.1, -0.05) is 0 Å². The summed E-state index contributed by atoms with van der Waals surface area (Å²) in [7, 11) is 0. The van der Waals surface area contributed by atoms with E-state index in [2.05, 4.69) is 4.98 Å². The fraction of sp³-hybridized carbons (Fsp3) is 0.0769. The lowest BCUT2D eigenvalue weighted by molar-refractivity contribution is 0.623. The van der Waals surface area contributed by atoms with Gasteiger partial charge < -0.3 is 5.73 Å². The molecule has 96 valence electrons. The van der Waals surface area contributed by atoms with Crippen molar-refractivity contribution in [2.45, 2.75) is 6.54 Å². The third kappa shape index (κ3) is 2.22. The number of anilines is 1. The number of nitrogens with zero attached hydrogens (tertiary/aromatic N) is 2. The van der Waals surface area contributed by atoms with Crippen molar-refractivity contribution in [3.05, 3.63) is 57.7 Å². The monoisotopic (exact) mass is 275 g/mol. The highest BCUT2D eigenvalue weighted by Gasteiger charge is 2.06. The number of nitrogens with two attached hydrogens (primary N) is 1. The van der Waals surface area contributed by atoms with Crippen molar-refractivity contribution in [1.82, 2.24) is 9.55 Å². The maximum absolute atomic E-state index is 13.3. The van der Waals surface area contributed by atoms with Gasteiger partial charge in [-0.15, -0.1) is 11.3 Å². The van der Waals surface area contributed by atoms with E-state index >= 15 is 0 Å². The number of benzene rings is 1. The van der Waals surface area contributed by atoms with Gasteiger partial charge in [0.25, 0.3) is 5.56 Å². The normalized spacial score (nSPS) is 11.0. The Morgan fingerprint density at radius 3 is 3.00 bits per heavy atom. The van der Waals surface area contributed by atoms with E-state index in [9.17, 15) is 9.18 Å². The lowest BCUT2D eigenvalue weighted by Crippen LogP contribution is -2.20. The standard InChI is InChI=1S/C13H10FN3OS/c14-9-3-8(4-10(15)5-9)6-17-7-16-11-1-2-19-12(11)13(17)18/h1-5,7H,6,15H2. The minimum atomic E-state index is -0.409. The predicted molar refractivity (Wildman–Crippen MR) is 73.8 cm³/mol. The molecule has 0 aliphatic heterocycles. The van der Waals surface area contributed by atoms with E-state index in [1.165, 1.54) is 34.4 Å². The van der Waals surface area contributed by atoms with Gasteiger partial charge in [-0.05, 0) is 35.2 Å². The van der Waals surface area contributed by atoms with Crippen LogP contribution < -0.4 is 11.3 Å². The zero-order chi connectivity index (χ0) is 13.4. The van der Waals surface area contributed by atoms with Crippen molar-refractivity contribution in [2.24, 2.45) is 0 Å². The number of halogens is 1. The third-order valence-corrected chi connectivity index (χ3v) is 3.66. The van der Waals surface area contributed by atoms with Crippen molar-refractivity contribution in [3.8, 4) is 0 Å². The minimum Gasteiger partial charge on any atom is -0.399 e. The number of fused-ring (bicyclic) bond motifs is 1. The van der Waals surface area contributed by atoms with Crippen LogP contribution in [0.1, 0.15) is 5.56 Å². The average Bonchev–Trinajstić information content (AvgIpc) is 2.80. The second kappa shape index (κ2) is 4.47. The highest BCUT2D eigenvalue weighted by Crippen LogP contribution is 2.15. The number of thiophene rings is 1. The summed E-state index contributed by atoms with van der Waals surface area (Å²) >= 11 is 1.35. The molecule has 2 N–H and O–H groups in total. The molecule has 3 aromatic rings. The van der Waals surface area contributed by atoms with Gasteiger partial charge in [0, 0.05) is 5.69 Å². The van der Waals surface area contributed by atoms with E-state index in [4.69, 9.17) is 5.73 Å². The molecule has 0 aliphatic rings. The van der Waals surface area contributed by atoms with Crippen molar-refractivity contribution >= 4 is 27.2 Å². The van der Waals surface area contributed by atoms with Crippen LogP contribution in [0, 0.1) is 5.82 Å². The maximum Gasteiger partial charge on any atom is 0.271 e. The molecule has 19 heavy (non-hydrogen) atoms. The number of rotatable bonds is 2. The van der Waals surface area contributed by atoms with Gasteiger partial charge in [-0.25, -0.2) is 9.37 Å². The Morgan fingerprint density at radius 2 is 2.21 bits per heavy atom. The molecule has 0 radical (unpaired) electrons. The van der Waals surface area contributed by atoms with Crippen molar-refractivity contribution in [2.75, 3.05) is 5.73 Å². The molecular formula is C13H10FN3OS. The molecule has 2 heterocycles. The number of aromatic nitrogens is 2. The highest BCUT2D eigenvalue weighted by molar-refractivity contribution is 7.17. The topological polar surface area (TPSA) is 60.9 Å². The van der Waals surface area contributed by atoms with Crippen LogP contribution in [0.2, 0.25) is 0 Å². The molecule has 0 fully saturated rings. The molecule has 4 nitrogen and oxygen atoms in total. The molecule has 0 spiro atoms. The van der Waals surface area contributed by atoms with Gasteiger partial charge in [0.15, 0.2) is 0 Å². The second-order valence-electron chi connectivity index (χ2n) is 4.21. The van der Waals surface area contributed by atoms with Crippen LogP contribution in [0.4, 0.5) is 10.1 Å². The van der Waals surface area contributed by atoms with Crippen LogP contribution >= 0.6 is 11.3 Å². The molecule has 0 atom stereocenters. The van der Waals surface area contributed by atoms with Crippen LogP contribution in [0.3, 0.4) is 0 Å². The molecule has 0 aliphatic carbocycles. The number of hydrogen-bond donors (Lipinski definition) is 1. The zero-order valence-corrected chi connectivity index (χ0v) is 10.7. The van der Waals surface area contributed by atoms with Gasteiger partial charge in [0.2, 0.25) is 0 Å². The van der Waals surface area contributed by atoms with Crippen LogP contribution in [0.5, 0.6) is 0 Å². The van der Waals surface area contributed by atoms with Gasteiger partial charge in [0.05, 0.1) is 18.4 Å². The summed E-state index contributed by atoms with van der Waals surface area (Å²) in [5.41, 5.74) is 7.12. The Kier molecular flexibility index (Phi) is 2.79. The largest absolute Gasteiger partial charge is 0.399 e. The van der Waals surface area contributed by atoms with E-state index in [-0.39, 0.29) is 12.1 Å². The average molecular weight is 275 g/mol. The minimum absolute atomic E-state index is 0.122. The fourth-order valence-electron chi connectivity index (χ4n) is 1.95. The van der Waals surface area contributed by atoms with E-state index in [1.54, 1.807) is 12.1 Å². The van der Waals surface area contributed by atoms with E-state index in [1.807, 2.05) is 5.38 Å². The molecule has 2 aromatic heterocycles. The first kappa shape index (κ1) is 11.9. The Hall–Kier alpha value is -2.21. The van der Waals surface area contributed by atoms with Gasteiger partial charge in [0.1, 0.15) is 10.5 Å². The molecule has 0 saturated heterocycles. The molecular weight excluding hydrogens is 265 g/mol. The summed E-state index contributed by atoms with van der Waals surface area (Å²) in [6, 6.07) is 6.05. The maximum atomic E-state index is 13.3. The van der Waals surface area contributed by atoms with Crippen LogP contribution in [-0.2, 0) is 6.54 Å².